The molecule has 50 heavy (non-hydrogen) atoms. The second-order valence-corrected chi connectivity index (χ2v) is 9.83. The fourth-order valence-electron chi connectivity index (χ4n) is 3.79. The summed E-state index contributed by atoms with van der Waals surface area (Å²) in [7, 11) is 4.31. The van der Waals surface area contributed by atoms with E-state index in [2.05, 4.69) is 9.47 Å². The third kappa shape index (κ3) is 14.2. The van der Waals surface area contributed by atoms with E-state index in [1.54, 1.807) is 67.8 Å². The molecule has 4 aromatic rings. The van der Waals surface area contributed by atoms with Crippen molar-refractivity contribution >= 4 is 23.5 Å². The van der Waals surface area contributed by atoms with Crippen LogP contribution in [0.25, 0.3) is 0 Å². The number of ether oxygens (including phenoxy) is 6. The Labute approximate surface area is 289 Å². The Morgan fingerprint density at radius 3 is 1.36 bits per heavy atom. The zero-order valence-electron chi connectivity index (χ0n) is 27.9. The molecule has 13 nitrogen and oxygen atoms in total. The standard InChI is InChI=1S/C18H18O6.C16H14O5.C3H8O2/c1-22-9-10-23-17(20)12-24-14-7-8-15(16(19)11-14)18(21)13-5-3-2-4-6-13;1-20-15(18)10-21-12-7-8-13(14(17)9-12)16(19)11-5-3-2-4-6-11;1-5-3-2-4/h2-8,11,19H,9-10,12H2,1H3;2-9,17H,10H2,1H3;4H,2-3H2,1H3. The van der Waals surface area contributed by atoms with E-state index in [1.165, 1.54) is 50.6 Å². The summed E-state index contributed by atoms with van der Waals surface area (Å²) in [5.74, 6) is -1.52. The Hall–Kier alpha value is -5.76. The number of phenols is 2. The summed E-state index contributed by atoms with van der Waals surface area (Å²) in [4.78, 5) is 46.9. The van der Waals surface area contributed by atoms with Gasteiger partial charge in [-0.2, -0.15) is 0 Å². The summed E-state index contributed by atoms with van der Waals surface area (Å²) in [6, 6.07) is 25.8. The monoisotopic (exact) mass is 692 g/mol. The number of ketones is 2. The molecule has 0 amide bonds. The number of hydrogen-bond donors (Lipinski definition) is 3. The minimum absolute atomic E-state index is 0.122. The molecule has 0 saturated heterocycles. The van der Waals surface area contributed by atoms with E-state index in [0.29, 0.717) is 24.3 Å². The highest BCUT2D eigenvalue weighted by Crippen LogP contribution is 2.27. The first-order valence-electron chi connectivity index (χ1n) is 15.1. The number of carbonyl (C=O) groups excluding carboxylic acids is 4. The van der Waals surface area contributed by atoms with Crippen LogP contribution in [0, 0.1) is 0 Å². The maximum absolute atomic E-state index is 12.3. The zero-order chi connectivity index (χ0) is 36.7. The van der Waals surface area contributed by atoms with Gasteiger partial charge in [0.1, 0.15) is 29.6 Å². The minimum Gasteiger partial charge on any atom is -0.507 e. The normalized spacial score (nSPS) is 9.92. The number of methoxy groups -OCH3 is 3. The fraction of sp³-hybridized carbons (Fsp3) is 0.243. The summed E-state index contributed by atoms with van der Waals surface area (Å²) >= 11 is 0. The maximum atomic E-state index is 12.3. The van der Waals surface area contributed by atoms with Crippen molar-refractivity contribution in [1.82, 2.24) is 0 Å². The Kier molecular flexibility index (Phi) is 18.4. The van der Waals surface area contributed by atoms with Crippen molar-refractivity contribution in [2.24, 2.45) is 0 Å². The van der Waals surface area contributed by atoms with Gasteiger partial charge >= 0.3 is 11.9 Å². The third-order valence-electron chi connectivity index (χ3n) is 6.29. The van der Waals surface area contributed by atoms with Crippen LogP contribution in [0.5, 0.6) is 23.0 Å². The molecule has 0 aliphatic heterocycles. The molecule has 266 valence electrons. The number of benzene rings is 4. The van der Waals surface area contributed by atoms with E-state index in [1.807, 2.05) is 0 Å². The molecule has 0 aromatic heterocycles. The molecule has 0 radical (unpaired) electrons. The van der Waals surface area contributed by atoms with Crippen molar-refractivity contribution in [1.29, 1.82) is 0 Å². The molecule has 4 rings (SSSR count). The largest absolute Gasteiger partial charge is 0.507 e. The van der Waals surface area contributed by atoms with Crippen molar-refractivity contribution in [3.63, 3.8) is 0 Å². The minimum atomic E-state index is -0.545. The summed E-state index contributed by atoms with van der Waals surface area (Å²) in [6.07, 6.45) is 0. The summed E-state index contributed by atoms with van der Waals surface area (Å²) in [5.41, 5.74) is 1.29. The van der Waals surface area contributed by atoms with E-state index in [9.17, 15) is 29.4 Å². The predicted molar refractivity (Wildman–Crippen MR) is 181 cm³/mol. The van der Waals surface area contributed by atoms with Crippen LogP contribution >= 0.6 is 0 Å². The van der Waals surface area contributed by atoms with Crippen LogP contribution in [-0.2, 0) is 28.5 Å². The van der Waals surface area contributed by atoms with Gasteiger partial charge in [0.25, 0.3) is 0 Å². The van der Waals surface area contributed by atoms with Crippen LogP contribution in [0.1, 0.15) is 31.8 Å². The molecule has 0 aliphatic rings. The number of aliphatic hydroxyl groups excluding tert-OH is 1. The van der Waals surface area contributed by atoms with Crippen molar-refractivity contribution in [3.8, 4) is 23.0 Å². The smallest absolute Gasteiger partial charge is 0.344 e. The lowest BCUT2D eigenvalue weighted by molar-refractivity contribution is -0.147. The number of carbonyl (C=O) groups is 4. The molecule has 0 atom stereocenters. The van der Waals surface area contributed by atoms with E-state index in [0.717, 1.165) is 0 Å². The molecule has 0 heterocycles. The first-order valence-corrected chi connectivity index (χ1v) is 15.1. The van der Waals surface area contributed by atoms with Gasteiger partial charge < -0.3 is 43.7 Å². The Bertz CT molecular complexity index is 1640. The van der Waals surface area contributed by atoms with E-state index in [-0.39, 0.29) is 72.1 Å². The first kappa shape index (κ1) is 40.4. The fourth-order valence-corrected chi connectivity index (χ4v) is 3.79. The molecule has 0 aliphatic carbocycles. The highest BCUT2D eigenvalue weighted by Gasteiger charge is 2.16. The number of aliphatic hydroxyl groups is 1. The van der Waals surface area contributed by atoms with Gasteiger partial charge in [-0.3, -0.25) is 9.59 Å². The zero-order valence-corrected chi connectivity index (χ0v) is 27.9. The molecular weight excluding hydrogens is 652 g/mol. The lowest BCUT2D eigenvalue weighted by Crippen LogP contribution is -2.17. The third-order valence-corrected chi connectivity index (χ3v) is 6.29. The number of aromatic hydroxyl groups is 2. The number of hydrogen-bond acceptors (Lipinski definition) is 13. The quantitative estimate of drug-likeness (QED) is 0.0924. The Morgan fingerprint density at radius 2 is 1.00 bits per heavy atom. The van der Waals surface area contributed by atoms with Gasteiger partial charge in [0, 0.05) is 37.5 Å². The molecule has 4 aromatic carbocycles. The van der Waals surface area contributed by atoms with Crippen molar-refractivity contribution < 1.29 is 62.9 Å². The molecule has 0 saturated carbocycles. The Balaban J connectivity index is 0.000000308. The van der Waals surface area contributed by atoms with E-state index in [4.69, 9.17) is 24.1 Å². The van der Waals surface area contributed by atoms with Gasteiger partial charge in [-0.25, -0.2) is 9.59 Å². The summed E-state index contributed by atoms with van der Waals surface area (Å²) < 4.78 is 28.9. The summed E-state index contributed by atoms with van der Waals surface area (Å²) in [5, 5.41) is 27.9. The van der Waals surface area contributed by atoms with Crippen LogP contribution < -0.4 is 9.47 Å². The van der Waals surface area contributed by atoms with Crippen molar-refractivity contribution in [3.05, 3.63) is 119 Å². The number of rotatable bonds is 15. The maximum Gasteiger partial charge on any atom is 0.344 e. The summed E-state index contributed by atoms with van der Waals surface area (Å²) in [6.45, 7) is 0.463. The van der Waals surface area contributed by atoms with Crippen molar-refractivity contribution in [2.45, 2.75) is 0 Å². The number of phenolic OH excluding ortho intramolecular Hbond substituents is 2. The van der Waals surface area contributed by atoms with Crippen LogP contribution in [-0.4, -0.2) is 99.8 Å². The van der Waals surface area contributed by atoms with Crippen LogP contribution in [0.4, 0.5) is 0 Å². The molecule has 0 fully saturated rings. The van der Waals surface area contributed by atoms with Crippen LogP contribution in [0.2, 0.25) is 0 Å². The molecule has 0 bridgehead atoms. The second kappa shape index (κ2) is 22.7. The molecule has 0 unspecified atom stereocenters. The van der Waals surface area contributed by atoms with Gasteiger partial charge in [-0.05, 0) is 24.3 Å². The SMILES string of the molecule is COC(=O)COc1ccc(C(=O)c2ccccc2)c(O)c1.COCCO.COCCOC(=O)COc1ccc(C(=O)c2ccccc2)c(O)c1. The molecule has 13 heteroatoms. The lowest BCUT2D eigenvalue weighted by Gasteiger charge is -2.09. The van der Waals surface area contributed by atoms with Gasteiger partial charge in [-0.15, -0.1) is 0 Å². The lowest BCUT2D eigenvalue weighted by atomic mass is 10.0. The van der Waals surface area contributed by atoms with Crippen LogP contribution in [0.3, 0.4) is 0 Å². The average molecular weight is 693 g/mol. The number of esters is 2. The van der Waals surface area contributed by atoms with Crippen LogP contribution in [0.15, 0.2) is 97.1 Å². The molecular formula is C37H40O13. The predicted octanol–water partition coefficient (Wildman–Crippen LogP) is 3.99. The van der Waals surface area contributed by atoms with Gasteiger partial charge in [-0.1, -0.05) is 60.7 Å². The highest BCUT2D eigenvalue weighted by molar-refractivity contribution is 6.11. The highest BCUT2D eigenvalue weighted by atomic mass is 16.6. The first-order chi connectivity index (χ1) is 24.1. The van der Waals surface area contributed by atoms with Crippen molar-refractivity contribution in [2.75, 3.05) is 61.0 Å². The van der Waals surface area contributed by atoms with E-state index < -0.39 is 11.9 Å². The van der Waals surface area contributed by atoms with Gasteiger partial charge in [0.05, 0.1) is 38.1 Å². The van der Waals surface area contributed by atoms with Gasteiger partial charge in [0.15, 0.2) is 24.8 Å². The Morgan fingerprint density at radius 1 is 0.560 bits per heavy atom. The molecule has 0 spiro atoms. The average Bonchev–Trinajstić information content (AvgIpc) is 3.14. The molecule has 3 N–H and O–H groups in total. The van der Waals surface area contributed by atoms with Gasteiger partial charge in [0.2, 0.25) is 0 Å². The topological polar surface area (TPSA) is 184 Å². The second-order valence-electron chi connectivity index (χ2n) is 9.83. The van der Waals surface area contributed by atoms with E-state index >= 15 is 0 Å².